The molecule has 2 aliphatic heterocycles. The number of hydrogen-bond acceptors (Lipinski definition) is 8. The molecule has 0 bridgehead atoms. The van der Waals surface area contributed by atoms with Crippen molar-refractivity contribution in [2.75, 3.05) is 31.6 Å². The summed E-state index contributed by atoms with van der Waals surface area (Å²) in [7, 11) is -2.60. The summed E-state index contributed by atoms with van der Waals surface area (Å²) in [6.45, 7) is 0.743. The van der Waals surface area contributed by atoms with Crippen LogP contribution in [0.1, 0.15) is 41.9 Å². The molecule has 0 aliphatic carbocycles. The number of para-hydroxylation sites is 1. The van der Waals surface area contributed by atoms with Crippen LogP contribution in [0.5, 0.6) is 17.2 Å². The van der Waals surface area contributed by atoms with Crippen LogP contribution in [0.25, 0.3) is 0 Å². The van der Waals surface area contributed by atoms with Crippen molar-refractivity contribution in [3.05, 3.63) is 107 Å². The van der Waals surface area contributed by atoms with Crippen molar-refractivity contribution >= 4 is 39.1 Å². The Hall–Kier alpha value is -4.82. The Morgan fingerprint density at radius 3 is 2.30 bits per heavy atom. The molecule has 0 saturated carbocycles. The van der Waals surface area contributed by atoms with Crippen molar-refractivity contribution in [2.45, 2.75) is 41.9 Å². The van der Waals surface area contributed by atoms with Crippen molar-refractivity contribution in [2.24, 2.45) is 0 Å². The maximum atomic E-state index is 15.0. The molecule has 0 spiro atoms. The molecule has 2 aliphatic rings. The van der Waals surface area contributed by atoms with Crippen LogP contribution >= 0.6 is 11.6 Å². The van der Waals surface area contributed by atoms with E-state index in [1.165, 1.54) is 32.4 Å². The standard InChI is InChI=1S/C35H31ClF3N3O7S/c1-47-25-8-10-31(30(20-25)49-35(37,38)39)50(45,46)42-28-9-7-24(36)19-27(28)34(33(42)44,26-5-3-4-6-29(26)48-2)21-32(43)41-17-13-23(14-18-41)22-11-15-40-16-12-22/h3-12,15-16,19-20,23H,13-14,17-18,21H2,1-2H3. The minimum absolute atomic E-state index is 0.0647. The number of amides is 2. The zero-order valence-electron chi connectivity index (χ0n) is 26.8. The van der Waals surface area contributed by atoms with Crippen LogP contribution in [0, 0.1) is 0 Å². The highest BCUT2D eigenvalue weighted by Gasteiger charge is 2.59. The molecule has 6 rings (SSSR count). The van der Waals surface area contributed by atoms with E-state index >= 15 is 4.79 Å². The number of alkyl halides is 3. The first-order valence-electron chi connectivity index (χ1n) is 15.4. The van der Waals surface area contributed by atoms with Crippen molar-refractivity contribution in [1.29, 1.82) is 0 Å². The second-order valence-corrected chi connectivity index (χ2v) is 14.0. The molecule has 1 aromatic heterocycles. The van der Waals surface area contributed by atoms with Crippen LogP contribution in [-0.4, -0.2) is 63.8 Å². The van der Waals surface area contributed by atoms with Gasteiger partial charge < -0.3 is 19.1 Å². The molecular weight excluding hydrogens is 699 g/mol. The van der Waals surface area contributed by atoms with Gasteiger partial charge in [0.15, 0.2) is 5.75 Å². The zero-order valence-corrected chi connectivity index (χ0v) is 28.4. The first kappa shape index (κ1) is 35.0. The van der Waals surface area contributed by atoms with E-state index in [1.807, 2.05) is 12.1 Å². The lowest BCUT2D eigenvalue weighted by Gasteiger charge is -2.36. The number of methoxy groups -OCH3 is 2. The minimum Gasteiger partial charge on any atom is -0.497 e. The lowest BCUT2D eigenvalue weighted by Crippen LogP contribution is -2.48. The Balaban J connectivity index is 1.47. The number of fused-ring (bicyclic) bond motifs is 1. The van der Waals surface area contributed by atoms with Gasteiger partial charge in [-0.05, 0) is 78.4 Å². The Morgan fingerprint density at radius 1 is 0.940 bits per heavy atom. The number of carbonyl (C=O) groups excluding carboxylic acids is 2. The number of piperidine rings is 1. The number of halogens is 4. The SMILES string of the molecule is COc1ccc(S(=O)(=O)N2C(=O)C(CC(=O)N3CCC(c4ccncc4)CC3)(c3ccccc3OC)c3cc(Cl)ccc32)c(OC(F)(F)F)c1. The summed E-state index contributed by atoms with van der Waals surface area (Å²) in [5.41, 5.74) is -0.870. The molecule has 15 heteroatoms. The van der Waals surface area contributed by atoms with E-state index in [-0.39, 0.29) is 39.3 Å². The van der Waals surface area contributed by atoms with Gasteiger partial charge in [-0.1, -0.05) is 29.8 Å². The molecule has 1 saturated heterocycles. The van der Waals surface area contributed by atoms with Crippen molar-refractivity contribution in [3.8, 4) is 17.2 Å². The van der Waals surface area contributed by atoms with Crippen LogP contribution < -0.4 is 18.5 Å². The molecule has 10 nitrogen and oxygen atoms in total. The summed E-state index contributed by atoms with van der Waals surface area (Å²) >= 11 is 6.46. The minimum atomic E-state index is -5.28. The summed E-state index contributed by atoms with van der Waals surface area (Å²) in [5.74, 6) is -2.40. The van der Waals surface area contributed by atoms with Gasteiger partial charge in [0.25, 0.3) is 15.9 Å². The first-order valence-corrected chi connectivity index (χ1v) is 17.3. The Bertz CT molecular complexity index is 2040. The van der Waals surface area contributed by atoms with E-state index in [0.717, 1.165) is 23.8 Å². The number of ether oxygens (including phenoxy) is 3. The van der Waals surface area contributed by atoms with Gasteiger partial charge in [0.1, 0.15) is 21.8 Å². The molecule has 4 aromatic rings. The van der Waals surface area contributed by atoms with Gasteiger partial charge in [0.2, 0.25) is 5.91 Å². The van der Waals surface area contributed by atoms with Crippen molar-refractivity contribution < 1.29 is 45.4 Å². The van der Waals surface area contributed by atoms with Crippen LogP contribution in [0.2, 0.25) is 5.02 Å². The quantitative estimate of drug-likeness (QED) is 0.193. The van der Waals surface area contributed by atoms with E-state index in [9.17, 15) is 26.4 Å². The van der Waals surface area contributed by atoms with Gasteiger partial charge >= 0.3 is 6.36 Å². The third-order valence-electron chi connectivity index (χ3n) is 9.09. The maximum absolute atomic E-state index is 15.0. The summed E-state index contributed by atoms with van der Waals surface area (Å²) in [5, 5.41) is 0.131. The summed E-state index contributed by atoms with van der Waals surface area (Å²) < 4.78 is 84.8. The topological polar surface area (TPSA) is 115 Å². The van der Waals surface area contributed by atoms with Crippen molar-refractivity contribution in [1.82, 2.24) is 9.88 Å². The molecule has 2 amide bonds. The van der Waals surface area contributed by atoms with Crippen molar-refractivity contribution in [3.63, 3.8) is 0 Å². The second kappa shape index (κ2) is 13.5. The van der Waals surface area contributed by atoms with Gasteiger partial charge in [-0.3, -0.25) is 14.6 Å². The molecule has 0 N–H and O–H groups in total. The van der Waals surface area contributed by atoms with E-state index in [2.05, 4.69) is 9.72 Å². The van der Waals surface area contributed by atoms with E-state index < -0.39 is 50.7 Å². The maximum Gasteiger partial charge on any atom is 0.573 e. The fourth-order valence-electron chi connectivity index (χ4n) is 6.76. The summed E-state index contributed by atoms with van der Waals surface area (Å²) in [6, 6.07) is 17.0. The number of pyridine rings is 1. The number of nitrogens with zero attached hydrogens (tertiary/aromatic N) is 3. The fraction of sp³-hybridized carbons (Fsp3) is 0.286. The summed E-state index contributed by atoms with van der Waals surface area (Å²) in [4.78, 5) is 34.1. The van der Waals surface area contributed by atoms with E-state index in [4.69, 9.17) is 21.1 Å². The number of rotatable bonds is 9. The van der Waals surface area contributed by atoms with Crippen LogP contribution in [0.4, 0.5) is 18.9 Å². The van der Waals surface area contributed by atoms with E-state index in [1.54, 1.807) is 41.6 Å². The number of hydrogen-bond donors (Lipinski definition) is 0. The first-order chi connectivity index (χ1) is 23.8. The van der Waals surface area contributed by atoms with Gasteiger partial charge in [-0.25, -0.2) is 12.7 Å². The molecule has 1 fully saturated rings. The monoisotopic (exact) mass is 729 g/mol. The Morgan fingerprint density at radius 2 is 1.64 bits per heavy atom. The molecule has 3 heterocycles. The lowest BCUT2D eigenvalue weighted by molar-refractivity contribution is -0.275. The average molecular weight is 730 g/mol. The highest BCUT2D eigenvalue weighted by atomic mass is 35.5. The van der Waals surface area contributed by atoms with Gasteiger partial charge in [-0.2, -0.15) is 0 Å². The molecule has 262 valence electrons. The highest BCUT2D eigenvalue weighted by Crippen LogP contribution is 2.54. The number of anilines is 1. The summed E-state index contributed by atoms with van der Waals surface area (Å²) in [6.07, 6.45) is -1.10. The number of likely N-dealkylation sites (tertiary alicyclic amines) is 1. The number of sulfonamides is 1. The Kier molecular flexibility index (Phi) is 9.44. The molecule has 0 radical (unpaired) electrons. The molecule has 1 atom stereocenters. The average Bonchev–Trinajstić information content (AvgIpc) is 3.35. The molecular formula is C35H31ClF3N3O7S. The number of benzene rings is 3. The normalized spacial score (nSPS) is 18.2. The second-order valence-electron chi connectivity index (χ2n) is 11.8. The van der Waals surface area contributed by atoms with Crippen LogP contribution in [0.3, 0.4) is 0 Å². The van der Waals surface area contributed by atoms with Crippen LogP contribution in [0.15, 0.2) is 90.1 Å². The van der Waals surface area contributed by atoms with Crippen LogP contribution in [-0.2, 0) is 25.0 Å². The fourth-order valence-corrected chi connectivity index (χ4v) is 8.51. The number of carbonyl (C=O) groups is 2. The predicted molar refractivity (Wildman–Crippen MR) is 177 cm³/mol. The smallest absolute Gasteiger partial charge is 0.497 e. The van der Waals surface area contributed by atoms with Gasteiger partial charge in [-0.15, -0.1) is 13.2 Å². The molecule has 3 aromatic carbocycles. The third-order valence-corrected chi connectivity index (χ3v) is 11.1. The highest BCUT2D eigenvalue weighted by molar-refractivity contribution is 7.93. The predicted octanol–water partition coefficient (Wildman–Crippen LogP) is 6.47. The van der Waals surface area contributed by atoms with E-state index in [0.29, 0.717) is 30.2 Å². The number of aromatic nitrogens is 1. The van der Waals surface area contributed by atoms with Gasteiger partial charge in [0.05, 0.1) is 19.9 Å². The Labute approximate surface area is 291 Å². The zero-order chi connectivity index (χ0) is 35.8. The molecule has 50 heavy (non-hydrogen) atoms. The third kappa shape index (κ3) is 6.33. The molecule has 1 unspecified atom stereocenters. The van der Waals surface area contributed by atoms with Gasteiger partial charge in [0, 0.05) is 48.6 Å². The largest absolute Gasteiger partial charge is 0.573 e. The lowest BCUT2D eigenvalue weighted by atomic mass is 9.72.